The largest absolute Gasteiger partial charge is 0.459 e. The van der Waals surface area contributed by atoms with E-state index in [2.05, 4.69) is 0 Å². The van der Waals surface area contributed by atoms with Gasteiger partial charge in [0.15, 0.2) is 0 Å². The van der Waals surface area contributed by atoms with Crippen LogP contribution in [-0.2, 0) is 9.47 Å². The van der Waals surface area contributed by atoms with Gasteiger partial charge in [-0.1, -0.05) is 0 Å². The molecule has 1 aliphatic heterocycles. The zero-order valence-electron chi connectivity index (χ0n) is 12.3. The van der Waals surface area contributed by atoms with Crippen molar-refractivity contribution >= 4 is 17.3 Å². The highest BCUT2D eigenvalue weighted by Gasteiger charge is 2.23. The molecule has 2 rings (SSSR count). The Morgan fingerprint density at radius 3 is 2.75 bits per heavy atom. The van der Waals surface area contributed by atoms with E-state index in [-0.39, 0.29) is 18.2 Å². The monoisotopic (exact) mass is 278 g/mol. The Morgan fingerprint density at radius 1 is 1.45 bits per heavy atom. The Kier molecular flexibility index (Phi) is 4.49. The molecular formula is C15H22N2O3. The average molecular weight is 278 g/mol. The summed E-state index contributed by atoms with van der Waals surface area (Å²) >= 11 is 0. The average Bonchev–Trinajstić information content (AvgIpc) is 2.81. The summed E-state index contributed by atoms with van der Waals surface area (Å²) in [4.78, 5) is 13.9. The molecule has 0 amide bonds. The Labute approximate surface area is 119 Å². The molecule has 1 aromatic carbocycles. The minimum atomic E-state index is -0.356. The predicted molar refractivity (Wildman–Crippen MR) is 79.0 cm³/mol. The molecule has 0 radical (unpaired) electrons. The van der Waals surface area contributed by atoms with Crippen molar-refractivity contribution in [2.45, 2.75) is 32.0 Å². The van der Waals surface area contributed by atoms with Crippen molar-refractivity contribution in [3.8, 4) is 0 Å². The van der Waals surface area contributed by atoms with Crippen LogP contribution in [0.15, 0.2) is 18.2 Å². The maximum absolute atomic E-state index is 12.0. The van der Waals surface area contributed by atoms with Gasteiger partial charge in [0, 0.05) is 14.1 Å². The van der Waals surface area contributed by atoms with Crippen molar-refractivity contribution < 1.29 is 14.3 Å². The number of hydrogen-bond donors (Lipinski definition) is 1. The lowest BCUT2D eigenvalue weighted by Crippen LogP contribution is -2.19. The van der Waals surface area contributed by atoms with E-state index in [4.69, 9.17) is 15.2 Å². The smallest absolute Gasteiger partial charge is 0.338 e. The van der Waals surface area contributed by atoms with E-state index < -0.39 is 0 Å². The molecule has 0 bridgehead atoms. The summed E-state index contributed by atoms with van der Waals surface area (Å²) in [6.07, 6.45) is 2.24. The first-order valence-electron chi connectivity index (χ1n) is 6.87. The number of nitrogens with zero attached hydrogens (tertiary/aromatic N) is 1. The number of rotatable bonds is 4. The van der Waals surface area contributed by atoms with Crippen LogP contribution in [0, 0.1) is 0 Å². The molecule has 1 saturated heterocycles. The van der Waals surface area contributed by atoms with Crippen LogP contribution in [0.2, 0.25) is 0 Å². The molecule has 0 spiro atoms. The number of benzene rings is 1. The van der Waals surface area contributed by atoms with Crippen LogP contribution in [0.3, 0.4) is 0 Å². The Morgan fingerprint density at radius 2 is 2.20 bits per heavy atom. The molecule has 2 atom stereocenters. The molecule has 1 heterocycles. The van der Waals surface area contributed by atoms with Crippen molar-refractivity contribution in [1.29, 1.82) is 0 Å². The van der Waals surface area contributed by atoms with Gasteiger partial charge < -0.3 is 20.1 Å². The number of nitrogen functional groups attached to an aromatic ring is 1. The number of anilines is 2. The van der Waals surface area contributed by atoms with E-state index >= 15 is 0 Å². The van der Waals surface area contributed by atoms with Gasteiger partial charge in [0.05, 0.1) is 29.1 Å². The van der Waals surface area contributed by atoms with E-state index in [1.165, 1.54) is 0 Å². The molecular weight excluding hydrogens is 256 g/mol. The minimum absolute atomic E-state index is 0.0207. The fraction of sp³-hybridized carbons (Fsp3) is 0.533. The quantitative estimate of drug-likeness (QED) is 0.674. The lowest BCUT2D eigenvalue weighted by Gasteiger charge is -2.16. The number of carbonyl (C=O) groups excluding carboxylic acids is 1. The van der Waals surface area contributed by atoms with Crippen LogP contribution in [-0.4, -0.2) is 38.9 Å². The van der Waals surface area contributed by atoms with E-state index in [0.717, 1.165) is 18.5 Å². The van der Waals surface area contributed by atoms with Crippen LogP contribution in [0.1, 0.15) is 30.1 Å². The zero-order chi connectivity index (χ0) is 14.7. The summed E-state index contributed by atoms with van der Waals surface area (Å²) in [5, 5.41) is 0. The molecule has 1 aliphatic rings. The van der Waals surface area contributed by atoms with Crippen LogP contribution >= 0.6 is 0 Å². The number of hydrogen-bond acceptors (Lipinski definition) is 5. The molecule has 2 unspecified atom stereocenters. The van der Waals surface area contributed by atoms with Gasteiger partial charge in [-0.2, -0.15) is 0 Å². The number of esters is 1. The summed E-state index contributed by atoms with van der Waals surface area (Å²) < 4.78 is 10.9. The molecule has 1 fully saturated rings. The summed E-state index contributed by atoms with van der Waals surface area (Å²) in [5.41, 5.74) is 7.84. The fourth-order valence-corrected chi connectivity index (χ4v) is 2.35. The highest BCUT2D eigenvalue weighted by molar-refractivity contribution is 5.92. The molecule has 20 heavy (non-hydrogen) atoms. The maximum Gasteiger partial charge on any atom is 0.338 e. The second-order valence-electron chi connectivity index (χ2n) is 5.41. The van der Waals surface area contributed by atoms with Gasteiger partial charge in [-0.3, -0.25) is 0 Å². The molecule has 1 aromatic rings. The lowest BCUT2D eigenvalue weighted by atomic mass is 10.1. The van der Waals surface area contributed by atoms with Gasteiger partial charge in [-0.25, -0.2) is 4.79 Å². The van der Waals surface area contributed by atoms with Gasteiger partial charge in [0.1, 0.15) is 6.61 Å². The van der Waals surface area contributed by atoms with E-state index in [0.29, 0.717) is 17.9 Å². The molecule has 5 heteroatoms. The first-order chi connectivity index (χ1) is 9.47. The first-order valence-corrected chi connectivity index (χ1v) is 6.87. The highest BCUT2D eigenvalue weighted by Crippen LogP contribution is 2.23. The fourth-order valence-electron chi connectivity index (χ4n) is 2.35. The third-order valence-corrected chi connectivity index (χ3v) is 3.47. The third-order valence-electron chi connectivity index (χ3n) is 3.47. The first kappa shape index (κ1) is 14.7. The van der Waals surface area contributed by atoms with Crippen molar-refractivity contribution in [3.63, 3.8) is 0 Å². The van der Waals surface area contributed by atoms with Gasteiger partial charge in [-0.05, 0) is 38.0 Å². The van der Waals surface area contributed by atoms with Gasteiger partial charge in [0.2, 0.25) is 0 Å². The van der Waals surface area contributed by atoms with E-state index in [1.807, 2.05) is 32.0 Å². The van der Waals surface area contributed by atoms with Crippen LogP contribution in [0.4, 0.5) is 11.4 Å². The van der Waals surface area contributed by atoms with E-state index in [9.17, 15) is 4.79 Å². The normalized spacial score (nSPS) is 21.8. The third kappa shape index (κ3) is 3.42. The van der Waals surface area contributed by atoms with Crippen LogP contribution in [0.25, 0.3) is 0 Å². The number of carbonyl (C=O) groups is 1. The summed E-state index contributed by atoms with van der Waals surface area (Å²) in [6.45, 7) is 2.33. The van der Waals surface area contributed by atoms with Gasteiger partial charge >= 0.3 is 5.97 Å². The molecule has 110 valence electrons. The van der Waals surface area contributed by atoms with Crippen molar-refractivity contribution in [2.24, 2.45) is 0 Å². The molecule has 5 nitrogen and oxygen atoms in total. The van der Waals surface area contributed by atoms with Crippen LogP contribution in [0.5, 0.6) is 0 Å². The second kappa shape index (κ2) is 6.13. The van der Waals surface area contributed by atoms with Gasteiger partial charge in [0.25, 0.3) is 0 Å². The number of nitrogens with two attached hydrogens (primary N) is 1. The SMILES string of the molecule is CC1CCC(COC(=O)c2ccc(N(C)C)c(N)c2)O1. The Bertz CT molecular complexity index is 488. The maximum atomic E-state index is 12.0. The molecule has 0 aromatic heterocycles. The lowest BCUT2D eigenvalue weighted by molar-refractivity contribution is -0.00265. The molecule has 0 aliphatic carbocycles. The second-order valence-corrected chi connectivity index (χ2v) is 5.41. The molecule has 2 N–H and O–H groups in total. The number of ether oxygens (including phenoxy) is 2. The highest BCUT2D eigenvalue weighted by atomic mass is 16.6. The summed E-state index contributed by atoms with van der Waals surface area (Å²) in [6, 6.07) is 5.20. The van der Waals surface area contributed by atoms with E-state index in [1.54, 1.807) is 12.1 Å². The molecule has 0 saturated carbocycles. The summed E-state index contributed by atoms with van der Waals surface area (Å²) in [5.74, 6) is -0.356. The topological polar surface area (TPSA) is 64.8 Å². The van der Waals surface area contributed by atoms with Crippen molar-refractivity contribution in [2.75, 3.05) is 31.3 Å². The Hall–Kier alpha value is -1.75. The standard InChI is InChI=1S/C15H22N2O3/c1-10-4-6-12(20-10)9-19-15(18)11-5-7-14(17(2)3)13(16)8-11/h5,7-8,10,12H,4,6,9,16H2,1-3H3. The van der Waals surface area contributed by atoms with Crippen molar-refractivity contribution in [1.82, 2.24) is 0 Å². The van der Waals surface area contributed by atoms with Gasteiger partial charge in [-0.15, -0.1) is 0 Å². The van der Waals surface area contributed by atoms with Crippen LogP contribution < -0.4 is 10.6 Å². The van der Waals surface area contributed by atoms with Crippen molar-refractivity contribution in [3.05, 3.63) is 23.8 Å². The predicted octanol–water partition coefficient (Wildman–Crippen LogP) is 2.06. The zero-order valence-corrected chi connectivity index (χ0v) is 12.3. The Balaban J connectivity index is 1.94. The summed E-state index contributed by atoms with van der Waals surface area (Å²) in [7, 11) is 3.81. The minimum Gasteiger partial charge on any atom is -0.459 e.